The number of alkyl halides is 1. The molecule has 9 heteroatoms. The van der Waals surface area contributed by atoms with Gasteiger partial charge in [-0.15, -0.1) is 0 Å². The summed E-state index contributed by atoms with van der Waals surface area (Å²) in [5.41, 5.74) is -0.206. The molecule has 2 aliphatic heterocycles. The van der Waals surface area contributed by atoms with E-state index in [0.29, 0.717) is 35.5 Å². The van der Waals surface area contributed by atoms with Crippen molar-refractivity contribution in [3.05, 3.63) is 64.2 Å². The maximum absolute atomic E-state index is 14.0. The van der Waals surface area contributed by atoms with Crippen LogP contribution in [-0.4, -0.2) is 47.3 Å². The van der Waals surface area contributed by atoms with Crippen molar-refractivity contribution >= 4 is 40.7 Å². The van der Waals surface area contributed by atoms with Crippen molar-refractivity contribution in [2.45, 2.75) is 76.1 Å². The zero-order chi connectivity index (χ0) is 28.0. The monoisotopic (exact) mass is 563 g/mol. The van der Waals surface area contributed by atoms with E-state index in [1.807, 2.05) is 6.07 Å². The quantitative estimate of drug-likeness (QED) is 0.345. The van der Waals surface area contributed by atoms with Crippen molar-refractivity contribution < 1.29 is 19.1 Å². The lowest BCUT2D eigenvalue weighted by molar-refractivity contribution is -0.127. The number of anilines is 1. The molecular formula is C29H36Cl2FN3O3. The molecule has 0 aromatic heterocycles. The molecule has 1 saturated heterocycles. The lowest BCUT2D eigenvalue weighted by Crippen LogP contribution is -2.57. The first-order valence-electron chi connectivity index (χ1n) is 12.9. The summed E-state index contributed by atoms with van der Waals surface area (Å²) in [6, 6.07) is 3.99. The van der Waals surface area contributed by atoms with Crippen LogP contribution in [0.2, 0.25) is 5.02 Å². The van der Waals surface area contributed by atoms with Crippen LogP contribution in [0.25, 0.3) is 0 Å². The van der Waals surface area contributed by atoms with E-state index in [0.717, 1.165) is 5.56 Å². The topological polar surface area (TPSA) is 90.5 Å². The van der Waals surface area contributed by atoms with Crippen molar-refractivity contribution in [2.24, 2.45) is 11.3 Å². The number of fused-ring (bicyclic) bond motifs is 2. The molecule has 2 heterocycles. The molecule has 0 unspecified atom stereocenters. The van der Waals surface area contributed by atoms with Crippen LogP contribution >= 0.6 is 23.2 Å². The number of carbonyl (C=O) groups excluding carboxylic acids is 2. The lowest BCUT2D eigenvalue weighted by Gasteiger charge is -2.42. The molecule has 2 fully saturated rings. The number of aliphatic hydroxyl groups is 1. The summed E-state index contributed by atoms with van der Waals surface area (Å²) in [7, 11) is 0. The maximum atomic E-state index is 14.0. The van der Waals surface area contributed by atoms with Crippen LogP contribution in [0.4, 0.5) is 10.1 Å². The van der Waals surface area contributed by atoms with Gasteiger partial charge in [-0.1, -0.05) is 68.8 Å². The summed E-state index contributed by atoms with van der Waals surface area (Å²) in [5, 5.41) is 20.3. The Hall–Kier alpha value is -2.19. The number of carbonyl (C=O) groups is 2. The SMILES string of the molecule is C=C(/C=C\C=C(\Cl)CF)[C@H]1[C@H](C(=O)N[C@H]2C[C@](C)(O)C2)N[C@@H](CC(C)(C)C)[C@@]12C(=O)Nc1cc(Cl)ccc12. The number of benzene rings is 1. The molecule has 4 rings (SSSR count). The number of amides is 2. The van der Waals surface area contributed by atoms with Gasteiger partial charge in [0.05, 0.1) is 11.6 Å². The van der Waals surface area contributed by atoms with Gasteiger partial charge in [-0.2, -0.15) is 0 Å². The molecule has 4 atom stereocenters. The van der Waals surface area contributed by atoms with Gasteiger partial charge in [0, 0.05) is 33.7 Å². The van der Waals surface area contributed by atoms with Gasteiger partial charge in [0.2, 0.25) is 11.8 Å². The standard InChI is InChI=1S/C29H36Cl2FN3O3/c1-16(7-6-8-18(31)15-32)23-24(25(36)33-19-12-28(5,38)13-19)35-22(14-27(2,3)4)29(23)20-10-9-17(30)11-21(20)34-26(29)37/h6-11,19,22-24,35,38H,1,12-15H2,2-5H3,(H,33,36)(H,34,37)/b7-6-,18-8+/t19-,22-,23-,24+,28-,29+/m0/s1. The summed E-state index contributed by atoms with van der Waals surface area (Å²) in [6.07, 6.45) is 6.22. The van der Waals surface area contributed by atoms with Crippen LogP contribution in [0, 0.1) is 11.3 Å². The molecule has 1 aliphatic carbocycles. The average molecular weight is 565 g/mol. The van der Waals surface area contributed by atoms with E-state index in [1.54, 1.807) is 31.2 Å². The molecule has 1 spiro atoms. The largest absolute Gasteiger partial charge is 0.390 e. The van der Waals surface area contributed by atoms with Gasteiger partial charge in [0.15, 0.2) is 0 Å². The fourth-order valence-corrected chi connectivity index (χ4v) is 6.54. The summed E-state index contributed by atoms with van der Waals surface area (Å²) < 4.78 is 12.9. The van der Waals surface area contributed by atoms with Crippen molar-refractivity contribution in [1.29, 1.82) is 0 Å². The smallest absolute Gasteiger partial charge is 0.238 e. The second-order valence-corrected chi connectivity index (χ2v) is 13.2. The minimum Gasteiger partial charge on any atom is -0.390 e. The molecular weight excluding hydrogens is 528 g/mol. The fraction of sp³-hybridized carbons (Fsp3) is 0.517. The van der Waals surface area contributed by atoms with E-state index >= 15 is 0 Å². The molecule has 0 radical (unpaired) electrons. The zero-order valence-corrected chi connectivity index (χ0v) is 23.7. The van der Waals surface area contributed by atoms with Gasteiger partial charge in [0.1, 0.15) is 12.1 Å². The Morgan fingerprint density at radius 1 is 1.34 bits per heavy atom. The van der Waals surface area contributed by atoms with Crippen molar-refractivity contribution in [1.82, 2.24) is 10.6 Å². The van der Waals surface area contributed by atoms with Gasteiger partial charge in [0.25, 0.3) is 0 Å². The third kappa shape index (κ3) is 5.44. The molecule has 206 valence electrons. The predicted molar refractivity (Wildman–Crippen MR) is 150 cm³/mol. The zero-order valence-electron chi connectivity index (χ0n) is 22.2. The van der Waals surface area contributed by atoms with E-state index in [-0.39, 0.29) is 28.3 Å². The number of rotatable bonds is 7. The molecule has 0 bridgehead atoms. The minimum absolute atomic E-state index is 0.0313. The van der Waals surface area contributed by atoms with E-state index in [4.69, 9.17) is 23.2 Å². The molecule has 6 nitrogen and oxygen atoms in total. The van der Waals surface area contributed by atoms with Crippen molar-refractivity contribution in [3.63, 3.8) is 0 Å². The highest BCUT2D eigenvalue weighted by Gasteiger charge is 2.65. The third-order valence-corrected chi connectivity index (χ3v) is 8.20. The number of nitrogens with one attached hydrogen (secondary N) is 3. The van der Waals surface area contributed by atoms with Crippen molar-refractivity contribution in [2.75, 3.05) is 12.0 Å². The molecule has 1 aromatic carbocycles. The highest BCUT2D eigenvalue weighted by atomic mass is 35.5. The Labute approximate surface area is 233 Å². The first kappa shape index (κ1) is 28.8. The van der Waals surface area contributed by atoms with E-state index < -0.39 is 35.7 Å². The Morgan fingerprint density at radius 3 is 2.63 bits per heavy atom. The summed E-state index contributed by atoms with van der Waals surface area (Å²) in [5.74, 6) is -1.14. The number of hydrogen-bond donors (Lipinski definition) is 4. The van der Waals surface area contributed by atoms with E-state index in [2.05, 4.69) is 43.3 Å². The Bertz CT molecular complexity index is 1200. The molecule has 4 N–H and O–H groups in total. The Morgan fingerprint density at radius 2 is 2.03 bits per heavy atom. The fourth-order valence-electron chi connectivity index (χ4n) is 6.29. The van der Waals surface area contributed by atoms with Crippen LogP contribution in [0.3, 0.4) is 0 Å². The van der Waals surface area contributed by atoms with Crippen LogP contribution in [0.1, 0.15) is 52.5 Å². The highest BCUT2D eigenvalue weighted by Crippen LogP contribution is 2.55. The summed E-state index contributed by atoms with van der Waals surface area (Å²) in [6.45, 7) is 11.5. The van der Waals surface area contributed by atoms with Gasteiger partial charge >= 0.3 is 0 Å². The van der Waals surface area contributed by atoms with E-state index in [9.17, 15) is 19.1 Å². The lowest BCUT2D eigenvalue weighted by atomic mass is 9.62. The van der Waals surface area contributed by atoms with E-state index in [1.165, 1.54) is 6.08 Å². The second-order valence-electron chi connectivity index (χ2n) is 12.2. The molecule has 1 saturated carbocycles. The first-order chi connectivity index (χ1) is 17.7. The van der Waals surface area contributed by atoms with Crippen LogP contribution in [-0.2, 0) is 15.0 Å². The van der Waals surface area contributed by atoms with Crippen LogP contribution in [0.5, 0.6) is 0 Å². The maximum Gasteiger partial charge on any atom is 0.238 e. The van der Waals surface area contributed by atoms with Gasteiger partial charge in [-0.05, 0) is 60.9 Å². The van der Waals surface area contributed by atoms with Gasteiger partial charge < -0.3 is 21.1 Å². The van der Waals surface area contributed by atoms with Crippen LogP contribution in [0.15, 0.2) is 53.6 Å². The molecule has 38 heavy (non-hydrogen) atoms. The van der Waals surface area contributed by atoms with Gasteiger partial charge in [-0.25, -0.2) is 4.39 Å². The average Bonchev–Trinajstić information content (AvgIpc) is 3.26. The number of halogens is 3. The Kier molecular flexibility index (Phi) is 7.90. The van der Waals surface area contributed by atoms with Crippen molar-refractivity contribution in [3.8, 4) is 0 Å². The number of allylic oxidation sites excluding steroid dienone is 4. The Balaban J connectivity index is 1.82. The summed E-state index contributed by atoms with van der Waals surface area (Å²) in [4.78, 5) is 27.8. The van der Waals surface area contributed by atoms with Gasteiger partial charge in [-0.3, -0.25) is 9.59 Å². The first-order valence-corrected chi connectivity index (χ1v) is 13.6. The normalized spacial score (nSPS) is 32.8. The molecule has 1 aromatic rings. The highest BCUT2D eigenvalue weighted by molar-refractivity contribution is 6.31. The van der Waals surface area contributed by atoms with Crippen LogP contribution < -0.4 is 16.0 Å². The summed E-state index contributed by atoms with van der Waals surface area (Å²) >= 11 is 12.1. The third-order valence-electron chi connectivity index (χ3n) is 7.74. The number of hydrogen-bond acceptors (Lipinski definition) is 4. The molecule has 2 amide bonds. The second kappa shape index (κ2) is 10.4. The molecule has 3 aliphatic rings. The minimum atomic E-state index is -1.14. The predicted octanol–water partition coefficient (Wildman–Crippen LogP) is 5.16.